The molecule has 0 saturated carbocycles. The van der Waals surface area contributed by atoms with E-state index in [0.717, 1.165) is 23.4 Å². The van der Waals surface area contributed by atoms with Crippen molar-refractivity contribution in [2.75, 3.05) is 11.9 Å². The Morgan fingerprint density at radius 2 is 1.96 bits per heavy atom. The molecule has 0 aromatic heterocycles. The number of rotatable bonds is 5. The lowest BCUT2D eigenvalue weighted by molar-refractivity contribution is 0.336. The van der Waals surface area contributed by atoms with Crippen molar-refractivity contribution < 1.29 is 4.74 Å². The summed E-state index contributed by atoms with van der Waals surface area (Å²) in [5, 5.41) is 3.19. The molecular formula is C20H26IN3O. The molecule has 3 rings (SSSR count). The quantitative estimate of drug-likeness (QED) is 0.402. The van der Waals surface area contributed by atoms with E-state index >= 15 is 0 Å². The third-order valence-corrected chi connectivity index (χ3v) is 4.31. The topological polar surface area (TPSA) is 59.6 Å². The number of guanidine groups is 1. The molecule has 1 aliphatic carbocycles. The molecule has 5 heteroatoms. The van der Waals surface area contributed by atoms with Crippen molar-refractivity contribution in [1.82, 2.24) is 0 Å². The standard InChI is InChI=1S/C20H25N3O.HI/c1-3-24-19-11-14(2)7-8-17(19)13-22-20(21)23-18-10-9-15-5-4-6-16(15)12-18;/h7-12H,3-6,13H2,1-2H3,(H3,21,22,23);1H. The smallest absolute Gasteiger partial charge is 0.193 e. The summed E-state index contributed by atoms with van der Waals surface area (Å²) in [6.45, 7) is 5.18. The zero-order valence-electron chi connectivity index (χ0n) is 14.8. The third-order valence-electron chi connectivity index (χ3n) is 4.31. The zero-order valence-corrected chi connectivity index (χ0v) is 17.2. The number of ether oxygens (including phenoxy) is 1. The fraction of sp³-hybridized carbons (Fsp3) is 0.350. The molecule has 0 aliphatic heterocycles. The number of hydrogen-bond acceptors (Lipinski definition) is 2. The molecule has 0 atom stereocenters. The normalized spacial score (nSPS) is 13.1. The Labute approximate surface area is 166 Å². The molecule has 1 aliphatic rings. The van der Waals surface area contributed by atoms with Crippen LogP contribution < -0.4 is 15.8 Å². The number of aryl methyl sites for hydroxylation is 3. The highest BCUT2D eigenvalue weighted by atomic mass is 127. The molecule has 0 spiro atoms. The lowest BCUT2D eigenvalue weighted by Gasteiger charge is -2.11. The molecule has 0 radical (unpaired) electrons. The van der Waals surface area contributed by atoms with Gasteiger partial charge in [-0.25, -0.2) is 4.99 Å². The largest absolute Gasteiger partial charge is 0.494 e. The van der Waals surface area contributed by atoms with Gasteiger partial charge in [-0.1, -0.05) is 18.2 Å². The van der Waals surface area contributed by atoms with Gasteiger partial charge < -0.3 is 15.8 Å². The first-order valence-electron chi connectivity index (χ1n) is 8.57. The molecular weight excluding hydrogens is 425 g/mol. The van der Waals surface area contributed by atoms with Gasteiger partial charge in [-0.3, -0.25) is 0 Å². The van der Waals surface area contributed by atoms with Crippen LogP contribution in [0.3, 0.4) is 0 Å². The number of fused-ring (bicyclic) bond motifs is 1. The van der Waals surface area contributed by atoms with Crippen molar-refractivity contribution >= 4 is 35.6 Å². The highest BCUT2D eigenvalue weighted by Crippen LogP contribution is 2.25. The molecule has 25 heavy (non-hydrogen) atoms. The maximum Gasteiger partial charge on any atom is 0.193 e. The van der Waals surface area contributed by atoms with Crippen LogP contribution in [0, 0.1) is 6.92 Å². The monoisotopic (exact) mass is 451 g/mol. The Hall–Kier alpha value is -1.76. The number of aliphatic imine (C=N–C) groups is 1. The van der Waals surface area contributed by atoms with Gasteiger partial charge in [-0.05, 0) is 68.0 Å². The molecule has 2 aromatic rings. The van der Waals surface area contributed by atoms with Crippen LogP contribution in [0.4, 0.5) is 5.69 Å². The number of nitrogens with two attached hydrogens (primary N) is 1. The predicted octanol–water partition coefficient (Wildman–Crippen LogP) is 4.43. The van der Waals surface area contributed by atoms with E-state index in [1.165, 1.54) is 29.5 Å². The minimum absolute atomic E-state index is 0. The first-order chi connectivity index (χ1) is 11.7. The van der Waals surface area contributed by atoms with Crippen molar-refractivity contribution in [3.8, 4) is 5.75 Å². The van der Waals surface area contributed by atoms with Crippen molar-refractivity contribution in [2.45, 2.75) is 39.7 Å². The molecule has 0 fully saturated rings. The van der Waals surface area contributed by atoms with Crippen LogP contribution in [0.5, 0.6) is 5.75 Å². The second-order valence-corrected chi connectivity index (χ2v) is 6.21. The zero-order chi connectivity index (χ0) is 16.9. The average Bonchev–Trinajstić information content (AvgIpc) is 3.02. The van der Waals surface area contributed by atoms with Crippen LogP contribution in [0.1, 0.15) is 35.6 Å². The summed E-state index contributed by atoms with van der Waals surface area (Å²) in [4.78, 5) is 4.46. The van der Waals surface area contributed by atoms with Gasteiger partial charge >= 0.3 is 0 Å². The Bertz CT molecular complexity index is 759. The van der Waals surface area contributed by atoms with E-state index in [1.54, 1.807) is 0 Å². The summed E-state index contributed by atoms with van der Waals surface area (Å²) < 4.78 is 5.69. The van der Waals surface area contributed by atoms with Gasteiger partial charge in [-0.15, -0.1) is 24.0 Å². The predicted molar refractivity (Wildman–Crippen MR) is 115 cm³/mol. The maximum absolute atomic E-state index is 6.05. The molecule has 3 N–H and O–H groups in total. The first kappa shape index (κ1) is 19.6. The Kier molecular flexibility index (Phi) is 7.11. The summed E-state index contributed by atoms with van der Waals surface area (Å²) in [7, 11) is 0. The number of anilines is 1. The fourth-order valence-corrected chi connectivity index (χ4v) is 3.09. The molecule has 2 aromatic carbocycles. The van der Waals surface area contributed by atoms with Crippen LogP contribution in [0.15, 0.2) is 41.4 Å². The highest BCUT2D eigenvalue weighted by Gasteiger charge is 2.11. The van der Waals surface area contributed by atoms with Gasteiger partial charge in [0.15, 0.2) is 5.96 Å². The molecule has 0 bridgehead atoms. The van der Waals surface area contributed by atoms with Crippen LogP contribution in [0.2, 0.25) is 0 Å². The van der Waals surface area contributed by atoms with Gasteiger partial charge in [0.05, 0.1) is 13.2 Å². The second-order valence-electron chi connectivity index (χ2n) is 6.21. The van der Waals surface area contributed by atoms with Gasteiger partial charge in [0.1, 0.15) is 5.75 Å². The highest BCUT2D eigenvalue weighted by molar-refractivity contribution is 14.0. The van der Waals surface area contributed by atoms with Crippen molar-refractivity contribution in [2.24, 2.45) is 10.7 Å². The van der Waals surface area contributed by atoms with E-state index in [4.69, 9.17) is 10.5 Å². The van der Waals surface area contributed by atoms with Crippen LogP contribution in [0.25, 0.3) is 0 Å². The van der Waals surface area contributed by atoms with Gasteiger partial charge in [0, 0.05) is 11.3 Å². The van der Waals surface area contributed by atoms with E-state index in [1.807, 2.05) is 19.1 Å². The van der Waals surface area contributed by atoms with Crippen LogP contribution in [-0.2, 0) is 19.4 Å². The maximum atomic E-state index is 6.05. The molecule has 0 amide bonds. The van der Waals surface area contributed by atoms with E-state index in [-0.39, 0.29) is 24.0 Å². The molecule has 134 valence electrons. The summed E-state index contributed by atoms with van der Waals surface area (Å²) in [6.07, 6.45) is 3.59. The van der Waals surface area contributed by atoms with Crippen molar-refractivity contribution in [3.05, 3.63) is 58.7 Å². The molecule has 0 saturated heterocycles. The third kappa shape index (κ3) is 5.11. The van der Waals surface area contributed by atoms with E-state index < -0.39 is 0 Å². The lowest BCUT2D eigenvalue weighted by atomic mass is 10.1. The minimum Gasteiger partial charge on any atom is -0.494 e. The van der Waals surface area contributed by atoms with Gasteiger partial charge in [-0.2, -0.15) is 0 Å². The Morgan fingerprint density at radius 1 is 1.16 bits per heavy atom. The molecule has 4 nitrogen and oxygen atoms in total. The Balaban J connectivity index is 0.00000225. The molecule has 0 unspecified atom stereocenters. The molecule has 0 heterocycles. The van der Waals surface area contributed by atoms with Gasteiger partial charge in [0.2, 0.25) is 0 Å². The van der Waals surface area contributed by atoms with E-state index in [9.17, 15) is 0 Å². The lowest BCUT2D eigenvalue weighted by Crippen LogP contribution is -2.22. The minimum atomic E-state index is 0. The van der Waals surface area contributed by atoms with Crippen LogP contribution >= 0.6 is 24.0 Å². The van der Waals surface area contributed by atoms with E-state index in [2.05, 4.69) is 41.5 Å². The van der Waals surface area contributed by atoms with E-state index in [0.29, 0.717) is 19.1 Å². The average molecular weight is 451 g/mol. The second kappa shape index (κ2) is 9.08. The van der Waals surface area contributed by atoms with Gasteiger partial charge in [0.25, 0.3) is 0 Å². The Morgan fingerprint density at radius 3 is 2.76 bits per heavy atom. The van der Waals surface area contributed by atoms with Crippen molar-refractivity contribution in [1.29, 1.82) is 0 Å². The number of nitrogens with one attached hydrogen (secondary N) is 1. The number of benzene rings is 2. The number of hydrogen-bond donors (Lipinski definition) is 2. The summed E-state index contributed by atoms with van der Waals surface area (Å²) >= 11 is 0. The first-order valence-corrected chi connectivity index (χ1v) is 8.57. The fourth-order valence-electron chi connectivity index (χ4n) is 3.09. The number of halogens is 1. The summed E-state index contributed by atoms with van der Waals surface area (Å²) in [6, 6.07) is 12.6. The summed E-state index contributed by atoms with van der Waals surface area (Å²) in [5.74, 6) is 1.31. The number of nitrogens with zero attached hydrogens (tertiary/aromatic N) is 1. The summed E-state index contributed by atoms with van der Waals surface area (Å²) in [5.41, 5.74) is 12.2. The SMILES string of the molecule is CCOc1cc(C)ccc1CN=C(N)Nc1ccc2c(c1)CCC2.I. The van der Waals surface area contributed by atoms with Crippen molar-refractivity contribution in [3.63, 3.8) is 0 Å². The van der Waals surface area contributed by atoms with Crippen LogP contribution in [-0.4, -0.2) is 12.6 Å².